The van der Waals surface area contributed by atoms with Crippen LogP contribution in [0.15, 0.2) is 74.3 Å². The number of phenols is 1. The number of fused-ring (bicyclic) bond motifs is 1. The van der Waals surface area contributed by atoms with Gasteiger partial charge in [-0.25, -0.2) is 4.39 Å². The second kappa shape index (κ2) is 9.24. The van der Waals surface area contributed by atoms with Crippen molar-refractivity contribution in [2.45, 2.75) is 13.5 Å². The Morgan fingerprint density at radius 2 is 1.71 bits per heavy atom. The molecule has 1 fully saturated rings. The van der Waals surface area contributed by atoms with Crippen LogP contribution in [-0.4, -0.2) is 36.2 Å². The zero-order chi connectivity index (χ0) is 23.8. The molecule has 4 aromatic rings. The van der Waals surface area contributed by atoms with Gasteiger partial charge in [0.05, 0.1) is 22.2 Å². The Morgan fingerprint density at radius 1 is 1.00 bits per heavy atom. The molecule has 5 rings (SSSR count). The first-order chi connectivity index (χ1) is 16.4. The minimum atomic E-state index is -0.221. The number of para-hydroxylation sites is 1. The van der Waals surface area contributed by atoms with Gasteiger partial charge in [-0.05, 0) is 48.9 Å². The second-order valence-corrected chi connectivity index (χ2v) is 9.44. The summed E-state index contributed by atoms with van der Waals surface area (Å²) >= 11 is 3.42. The van der Waals surface area contributed by atoms with E-state index in [-0.39, 0.29) is 17.0 Å². The van der Waals surface area contributed by atoms with Gasteiger partial charge >= 0.3 is 0 Å². The molecule has 0 atom stereocenters. The molecule has 0 amide bonds. The number of benzene rings is 3. The molecule has 1 N–H and O–H groups in total. The molecule has 7 heteroatoms. The predicted molar refractivity (Wildman–Crippen MR) is 136 cm³/mol. The van der Waals surface area contributed by atoms with E-state index in [4.69, 9.17) is 4.42 Å². The first-order valence-electron chi connectivity index (χ1n) is 11.2. The average Bonchev–Trinajstić information content (AvgIpc) is 2.83. The highest BCUT2D eigenvalue weighted by Gasteiger charge is 2.23. The van der Waals surface area contributed by atoms with Crippen LogP contribution in [0.4, 0.5) is 10.1 Å². The van der Waals surface area contributed by atoms with E-state index in [0.29, 0.717) is 66.3 Å². The molecule has 0 bridgehead atoms. The van der Waals surface area contributed by atoms with Gasteiger partial charge in [-0.3, -0.25) is 9.69 Å². The molecule has 3 aromatic carbocycles. The van der Waals surface area contributed by atoms with Crippen LogP contribution >= 0.6 is 15.9 Å². The van der Waals surface area contributed by atoms with Crippen molar-refractivity contribution in [2.75, 3.05) is 31.1 Å². The Morgan fingerprint density at radius 3 is 2.41 bits per heavy atom. The molecule has 0 radical (unpaired) electrons. The van der Waals surface area contributed by atoms with E-state index >= 15 is 0 Å². The lowest BCUT2D eigenvalue weighted by atomic mass is 10.0. The highest BCUT2D eigenvalue weighted by atomic mass is 79.9. The van der Waals surface area contributed by atoms with Gasteiger partial charge in [0.15, 0.2) is 0 Å². The van der Waals surface area contributed by atoms with E-state index < -0.39 is 0 Å². The van der Waals surface area contributed by atoms with Crippen LogP contribution in [-0.2, 0) is 6.54 Å². The van der Waals surface area contributed by atoms with Gasteiger partial charge in [0.25, 0.3) is 0 Å². The first kappa shape index (κ1) is 22.6. The fraction of sp³-hybridized carbons (Fsp3) is 0.222. The summed E-state index contributed by atoms with van der Waals surface area (Å²) in [5.41, 5.74) is 2.81. The van der Waals surface area contributed by atoms with E-state index in [9.17, 15) is 14.3 Å². The number of piperazine rings is 1. The van der Waals surface area contributed by atoms with Crippen molar-refractivity contribution in [3.05, 3.63) is 92.5 Å². The Kier molecular flexibility index (Phi) is 6.15. The number of rotatable bonds is 4. The number of halogens is 2. The Balaban J connectivity index is 1.44. The maximum atomic E-state index is 14.2. The summed E-state index contributed by atoms with van der Waals surface area (Å²) in [5, 5.41) is 11.1. The minimum Gasteiger partial charge on any atom is -0.507 e. The Labute approximate surface area is 205 Å². The molecular formula is C27H24BrFN2O3. The average molecular weight is 523 g/mol. The molecule has 0 spiro atoms. The number of hydrogen-bond acceptors (Lipinski definition) is 5. The molecule has 174 valence electrons. The lowest BCUT2D eigenvalue weighted by molar-refractivity contribution is 0.246. The number of anilines is 1. The summed E-state index contributed by atoms with van der Waals surface area (Å²) in [6, 6.07) is 17.5. The Bertz CT molecular complexity index is 1410. The molecule has 1 saturated heterocycles. The summed E-state index contributed by atoms with van der Waals surface area (Å²) in [5.74, 6) is 0.389. The van der Waals surface area contributed by atoms with Crippen LogP contribution in [0.5, 0.6) is 5.75 Å². The smallest absolute Gasteiger partial charge is 0.200 e. The zero-order valence-corrected chi connectivity index (χ0v) is 20.3. The van der Waals surface area contributed by atoms with E-state index in [2.05, 4.69) is 20.8 Å². The maximum Gasteiger partial charge on any atom is 0.200 e. The summed E-state index contributed by atoms with van der Waals surface area (Å²) in [6.45, 7) is 4.95. The highest BCUT2D eigenvalue weighted by Crippen LogP contribution is 2.32. The van der Waals surface area contributed by atoms with Crippen LogP contribution in [0.1, 0.15) is 11.3 Å². The topological polar surface area (TPSA) is 56.9 Å². The fourth-order valence-corrected chi connectivity index (χ4v) is 4.86. The third-order valence-electron chi connectivity index (χ3n) is 6.39. The molecule has 0 aliphatic carbocycles. The largest absolute Gasteiger partial charge is 0.507 e. The van der Waals surface area contributed by atoms with Crippen molar-refractivity contribution in [1.82, 2.24) is 4.90 Å². The molecule has 0 unspecified atom stereocenters. The van der Waals surface area contributed by atoms with E-state index in [1.807, 2.05) is 35.2 Å². The molecule has 5 nitrogen and oxygen atoms in total. The standard InChI is InChI=1S/C27H24BrFN2O3/c1-17-25(18-6-8-19(28)9-7-18)26(33)20-10-11-24(32)21(27(20)34-17)16-30-12-14-31(15-13-30)23-5-3-2-4-22(23)29/h2-11,32H,12-16H2,1H3. The second-order valence-electron chi connectivity index (χ2n) is 8.52. The molecule has 0 saturated carbocycles. The minimum absolute atomic E-state index is 0.1000. The highest BCUT2D eigenvalue weighted by molar-refractivity contribution is 9.10. The van der Waals surface area contributed by atoms with Gasteiger partial charge in [-0.2, -0.15) is 0 Å². The monoisotopic (exact) mass is 522 g/mol. The van der Waals surface area contributed by atoms with Gasteiger partial charge in [0.2, 0.25) is 5.43 Å². The third-order valence-corrected chi connectivity index (χ3v) is 6.92. The summed E-state index contributed by atoms with van der Waals surface area (Å²) in [7, 11) is 0. The van der Waals surface area contributed by atoms with Crippen molar-refractivity contribution < 1.29 is 13.9 Å². The summed E-state index contributed by atoms with van der Waals surface area (Å²) in [6.07, 6.45) is 0. The lowest BCUT2D eigenvalue weighted by Crippen LogP contribution is -2.46. The fourth-order valence-electron chi connectivity index (χ4n) is 4.59. The maximum absolute atomic E-state index is 14.2. The normalized spacial score (nSPS) is 14.6. The van der Waals surface area contributed by atoms with Gasteiger partial charge in [0, 0.05) is 37.2 Å². The number of hydrogen-bond donors (Lipinski definition) is 1. The molecule has 2 heterocycles. The van der Waals surface area contributed by atoms with Crippen LogP contribution in [0.3, 0.4) is 0 Å². The quantitative estimate of drug-likeness (QED) is 0.372. The van der Waals surface area contributed by atoms with Gasteiger partial charge in [0.1, 0.15) is 22.9 Å². The van der Waals surface area contributed by atoms with Crippen LogP contribution < -0.4 is 10.3 Å². The van der Waals surface area contributed by atoms with Gasteiger partial charge in [-0.1, -0.05) is 40.2 Å². The van der Waals surface area contributed by atoms with Gasteiger partial charge < -0.3 is 14.4 Å². The van der Waals surface area contributed by atoms with Crippen molar-refractivity contribution in [3.63, 3.8) is 0 Å². The molecule has 34 heavy (non-hydrogen) atoms. The van der Waals surface area contributed by atoms with Crippen molar-refractivity contribution in [2.24, 2.45) is 0 Å². The zero-order valence-electron chi connectivity index (χ0n) is 18.7. The van der Waals surface area contributed by atoms with E-state index in [0.717, 1.165) is 10.0 Å². The predicted octanol–water partition coefficient (Wildman–Crippen LogP) is 5.70. The van der Waals surface area contributed by atoms with Crippen LogP contribution in [0, 0.1) is 12.7 Å². The Hall–Kier alpha value is -3.16. The van der Waals surface area contributed by atoms with Crippen molar-refractivity contribution >= 4 is 32.6 Å². The van der Waals surface area contributed by atoms with Crippen LogP contribution in [0.2, 0.25) is 0 Å². The number of aryl methyl sites for hydroxylation is 1. The summed E-state index contributed by atoms with van der Waals surface area (Å²) < 4.78 is 21.3. The van der Waals surface area contributed by atoms with E-state index in [1.54, 1.807) is 31.2 Å². The number of phenolic OH excluding ortho intramolecular Hbond substituents is 1. The number of nitrogens with zero attached hydrogens (tertiary/aromatic N) is 2. The molecule has 1 aromatic heterocycles. The molecule has 1 aliphatic rings. The van der Waals surface area contributed by atoms with Crippen molar-refractivity contribution in [1.29, 1.82) is 0 Å². The van der Waals surface area contributed by atoms with Crippen LogP contribution in [0.25, 0.3) is 22.1 Å². The third kappa shape index (κ3) is 4.21. The first-order valence-corrected chi connectivity index (χ1v) is 12.0. The van der Waals surface area contributed by atoms with E-state index in [1.165, 1.54) is 6.07 Å². The number of aromatic hydroxyl groups is 1. The molecule has 1 aliphatic heterocycles. The SMILES string of the molecule is Cc1oc2c(CN3CCN(c4ccccc4F)CC3)c(O)ccc2c(=O)c1-c1ccc(Br)cc1. The summed E-state index contributed by atoms with van der Waals surface area (Å²) in [4.78, 5) is 17.6. The molecular weight excluding hydrogens is 499 g/mol. The lowest BCUT2D eigenvalue weighted by Gasteiger charge is -2.36. The van der Waals surface area contributed by atoms with Gasteiger partial charge in [-0.15, -0.1) is 0 Å². The van der Waals surface area contributed by atoms with Crippen molar-refractivity contribution in [3.8, 4) is 16.9 Å².